The second kappa shape index (κ2) is 10.4. The molecule has 126 valence electrons. The molecule has 0 aromatic rings. The van der Waals surface area contributed by atoms with Crippen LogP contribution in [0.3, 0.4) is 0 Å². The van der Waals surface area contributed by atoms with Crippen molar-refractivity contribution in [3.05, 3.63) is 0 Å². The zero-order valence-corrected chi connectivity index (χ0v) is 11.8. The smallest absolute Gasteiger partial charge is 0.186 e. The summed E-state index contributed by atoms with van der Waals surface area (Å²) in [6.45, 7) is 1.64. The average Bonchev–Trinajstić information content (AvgIpc) is 2.49. The fraction of sp³-hybridized carbons (Fsp3) is 1.00. The molecule has 1 rings (SSSR count). The molecule has 0 bridgehead atoms. The molecule has 1 aliphatic rings. The van der Waals surface area contributed by atoms with E-state index in [0.29, 0.717) is 26.4 Å². The van der Waals surface area contributed by atoms with Gasteiger partial charge in [-0.15, -0.1) is 0 Å². The second-order valence-corrected chi connectivity index (χ2v) is 4.58. The molecule has 21 heavy (non-hydrogen) atoms. The predicted octanol–water partition coefficient (Wildman–Crippen LogP) is -3.21. The van der Waals surface area contributed by atoms with Crippen LogP contribution in [0.25, 0.3) is 0 Å². The molecule has 1 fully saturated rings. The third kappa shape index (κ3) is 6.10. The van der Waals surface area contributed by atoms with Crippen LogP contribution in [0.5, 0.6) is 0 Å². The fourth-order valence-electron chi connectivity index (χ4n) is 1.83. The zero-order chi connectivity index (χ0) is 15.7. The minimum atomic E-state index is -1.44. The number of hydrogen-bond donors (Lipinski definition) is 5. The highest BCUT2D eigenvalue weighted by molar-refractivity contribution is 4.88. The van der Waals surface area contributed by atoms with Gasteiger partial charge in [0.2, 0.25) is 0 Å². The Hall–Kier alpha value is -0.360. The quantitative estimate of drug-likeness (QED) is 0.263. The van der Waals surface area contributed by atoms with Crippen LogP contribution in [0.15, 0.2) is 0 Å². The molecule has 0 amide bonds. The van der Waals surface area contributed by atoms with Crippen molar-refractivity contribution in [2.75, 3.05) is 46.2 Å². The summed E-state index contributed by atoms with van der Waals surface area (Å²) in [5.74, 6) is 0. The first kappa shape index (κ1) is 18.7. The summed E-state index contributed by atoms with van der Waals surface area (Å²) in [5.41, 5.74) is 5.25. The maximum Gasteiger partial charge on any atom is 0.186 e. The molecule has 1 aliphatic heterocycles. The van der Waals surface area contributed by atoms with Crippen molar-refractivity contribution < 1.29 is 39.4 Å². The number of hydrogen-bond acceptors (Lipinski definition) is 9. The van der Waals surface area contributed by atoms with Crippen LogP contribution in [0.1, 0.15) is 0 Å². The second-order valence-electron chi connectivity index (χ2n) is 4.58. The van der Waals surface area contributed by atoms with Crippen LogP contribution in [0.4, 0.5) is 0 Å². The van der Waals surface area contributed by atoms with Crippen molar-refractivity contribution in [3.63, 3.8) is 0 Å². The van der Waals surface area contributed by atoms with Crippen molar-refractivity contribution in [2.24, 2.45) is 5.73 Å². The molecule has 0 saturated carbocycles. The predicted molar refractivity (Wildman–Crippen MR) is 70.4 cm³/mol. The molecule has 5 atom stereocenters. The van der Waals surface area contributed by atoms with E-state index in [1.54, 1.807) is 0 Å². The molecule has 1 heterocycles. The first-order valence-electron chi connectivity index (χ1n) is 6.89. The monoisotopic (exact) mass is 311 g/mol. The van der Waals surface area contributed by atoms with Crippen LogP contribution in [-0.4, -0.2) is 97.3 Å². The van der Waals surface area contributed by atoms with Crippen LogP contribution < -0.4 is 5.73 Å². The molecule has 0 aromatic heterocycles. The Bertz CT molecular complexity index is 268. The lowest BCUT2D eigenvalue weighted by Gasteiger charge is -2.39. The third-order valence-corrected chi connectivity index (χ3v) is 2.99. The minimum absolute atomic E-state index is 0.125. The number of aliphatic hydroxyl groups is 4. The van der Waals surface area contributed by atoms with Gasteiger partial charge in [0.15, 0.2) is 6.29 Å². The van der Waals surface area contributed by atoms with E-state index < -0.39 is 37.3 Å². The lowest BCUT2D eigenvalue weighted by Crippen LogP contribution is -2.59. The summed E-state index contributed by atoms with van der Waals surface area (Å²) < 4.78 is 20.7. The van der Waals surface area contributed by atoms with Gasteiger partial charge < -0.3 is 45.1 Å². The van der Waals surface area contributed by atoms with Gasteiger partial charge in [0.25, 0.3) is 0 Å². The van der Waals surface area contributed by atoms with Gasteiger partial charge in [-0.1, -0.05) is 0 Å². The SMILES string of the molecule is NCCOCCOCCO[C@@H]1O[C@H](CO)[C@@H](O)[C@H](O)[C@H]1O. The number of ether oxygens (including phenoxy) is 4. The van der Waals surface area contributed by atoms with Gasteiger partial charge in [-0.05, 0) is 0 Å². The minimum Gasteiger partial charge on any atom is -0.394 e. The molecule has 0 unspecified atom stereocenters. The van der Waals surface area contributed by atoms with Gasteiger partial charge in [-0.3, -0.25) is 0 Å². The Balaban J connectivity index is 2.16. The van der Waals surface area contributed by atoms with Crippen LogP contribution in [-0.2, 0) is 18.9 Å². The molecular weight excluding hydrogens is 286 g/mol. The van der Waals surface area contributed by atoms with Crippen LogP contribution >= 0.6 is 0 Å². The lowest BCUT2D eigenvalue weighted by atomic mass is 9.99. The van der Waals surface area contributed by atoms with E-state index in [-0.39, 0.29) is 13.2 Å². The largest absolute Gasteiger partial charge is 0.394 e. The summed E-state index contributed by atoms with van der Waals surface area (Å²) in [5, 5.41) is 37.9. The maximum absolute atomic E-state index is 9.71. The molecule has 6 N–H and O–H groups in total. The summed E-state index contributed by atoms with van der Waals surface area (Å²) in [7, 11) is 0. The highest BCUT2D eigenvalue weighted by Gasteiger charge is 2.43. The van der Waals surface area contributed by atoms with Crippen molar-refractivity contribution in [1.82, 2.24) is 0 Å². The summed E-state index contributed by atoms with van der Waals surface area (Å²) in [6.07, 6.45) is -6.32. The Labute approximate surface area is 123 Å². The molecule has 0 radical (unpaired) electrons. The highest BCUT2D eigenvalue weighted by Crippen LogP contribution is 2.21. The molecule has 0 aromatic carbocycles. The standard InChI is InChI=1S/C12H25NO8/c13-1-2-18-3-4-19-5-6-20-12-11(17)10(16)9(15)8(7-14)21-12/h8-12,14-17H,1-7,13H2/t8-,9-,10+,11-,12-/m1/s1. The number of nitrogens with two attached hydrogens (primary N) is 1. The average molecular weight is 311 g/mol. The third-order valence-electron chi connectivity index (χ3n) is 2.99. The maximum atomic E-state index is 9.71. The first-order chi connectivity index (χ1) is 10.1. The highest BCUT2D eigenvalue weighted by atomic mass is 16.7. The summed E-state index contributed by atoms with van der Waals surface area (Å²) in [4.78, 5) is 0. The molecule has 0 aliphatic carbocycles. The molecule has 9 heteroatoms. The van der Waals surface area contributed by atoms with Crippen LogP contribution in [0, 0.1) is 0 Å². The van der Waals surface area contributed by atoms with Gasteiger partial charge in [-0.2, -0.15) is 0 Å². The zero-order valence-electron chi connectivity index (χ0n) is 11.8. The van der Waals surface area contributed by atoms with E-state index in [0.717, 1.165) is 0 Å². The van der Waals surface area contributed by atoms with Gasteiger partial charge in [0, 0.05) is 6.54 Å². The Morgan fingerprint density at radius 3 is 2.10 bits per heavy atom. The summed E-state index contributed by atoms with van der Waals surface area (Å²) >= 11 is 0. The Morgan fingerprint density at radius 1 is 0.857 bits per heavy atom. The number of rotatable bonds is 10. The van der Waals surface area contributed by atoms with E-state index in [1.165, 1.54) is 0 Å². The molecule has 9 nitrogen and oxygen atoms in total. The summed E-state index contributed by atoms with van der Waals surface area (Å²) in [6, 6.07) is 0. The van der Waals surface area contributed by atoms with E-state index in [2.05, 4.69) is 0 Å². The normalized spacial score (nSPS) is 33.3. The van der Waals surface area contributed by atoms with Crippen molar-refractivity contribution >= 4 is 0 Å². The van der Waals surface area contributed by atoms with Gasteiger partial charge in [0.1, 0.15) is 24.4 Å². The van der Waals surface area contributed by atoms with E-state index in [9.17, 15) is 15.3 Å². The van der Waals surface area contributed by atoms with E-state index in [4.69, 9.17) is 29.8 Å². The molecule has 0 spiro atoms. The lowest BCUT2D eigenvalue weighted by molar-refractivity contribution is -0.302. The van der Waals surface area contributed by atoms with Gasteiger partial charge >= 0.3 is 0 Å². The Kier molecular flexibility index (Phi) is 9.24. The number of aliphatic hydroxyl groups excluding tert-OH is 4. The van der Waals surface area contributed by atoms with Gasteiger partial charge in [0.05, 0.1) is 39.6 Å². The van der Waals surface area contributed by atoms with Gasteiger partial charge in [-0.25, -0.2) is 0 Å². The molecule has 1 saturated heterocycles. The van der Waals surface area contributed by atoms with E-state index >= 15 is 0 Å². The van der Waals surface area contributed by atoms with Crippen molar-refractivity contribution in [3.8, 4) is 0 Å². The van der Waals surface area contributed by atoms with Crippen molar-refractivity contribution in [1.29, 1.82) is 0 Å². The first-order valence-corrected chi connectivity index (χ1v) is 6.89. The van der Waals surface area contributed by atoms with Crippen molar-refractivity contribution in [2.45, 2.75) is 30.7 Å². The Morgan fingerprint density at radius 2 is 1.48 bits per heavy atom. The van der Waals surface area contributed by atoms with E-state index in [1.807, 2.05) is 0 Å². The fourth-order valence-corrected chi connectivity index (χ4v) is 1.83. The topological polar surface area (TPSA) is 144 Å². The van der Waals surface area contributed by atoms with Crippen LogP contribution in [0.2, 0.25) is 0 Å². The molecular formula is C12H25NO8.